The number of rotatable bonds is 6. The van der Waals surface area contributed by atoms with E-state index in [2.05, 4.69) is 20.2 Å². The quantitative estimate of drug-likeness (QED) is 0.738. The van der Waals surface area contributed by atoms with Crippen molar-refractivity contribution in [2.24, 2.45) is 0 Å². The molecule has 1 N–H and O–H groups in total. The number of nitrogens with one attached hydrogen (secondary N) is 1. The molecule has 1 saturated heterocycles. The van der Waals surface area contributed by atoms with Gasteiger partial charge in [-0.05, 0) is 24.6 Å². The summed E-state index contributed by atoms with van der Waals surface area (Å²) in [6, 6.07) is 3.86. The number of ether oxygens (including phenoxy) is 1. The lowest BCUT2D eigenvalue weighted by molar-refractivity contribution is -0.133. The summed E-state index contributed by atoms with van der Waals surface area (Å²) in [5.41, 5.74) is 2.41. The van der Waals surface area contributed by atoms with Crippen molar-refractivity contribution in [3.05, 3.63) is 53.0 Å². The lowest BCUT2D eigenvalue weighted by Gasteiger charge is -2.38. The van der Waals surface area contributed by atoms with Crippen LogP contribution in [0.5, 0.6) is 0 Å². The standard InChI is InChI=1S/C23H29F2N5O2/c1-14(2)26-11-17(16-4-5-18(24)19(25)10-16)23(31)30-8-6-29(7-9-30)22-21-15(3)32-12-20(21)27-13-28-22/h4-5,10,13-15,17,26H,6-9,11-12H2,1-3H3. The first-order valence-corrected chi connectivity index (χ1v) is 11.0. The maximum atomic E-state index is 13.9. The maximum absolute atomic E-state index is 13.9. The summed E-state index contributed by atoms with van der Waals surface area (Å²) in [7, 11) is 0. The highest BCUT2D eigenvalue weighted by Gasteiger charge is 2.32. The van der Waals surface area contributed by atoms with Crippen LogP contribution in [-0.2, 0) is 16.1 Å². The fourth-order valence-electron chi connectivity index (χ4n) is 4.28. The third-order valence-corrected chi connectivity index (χ3v) is 6.09. The van der Waals surface area contributed by atoms with Crippen LogP contribution in [0, 0.1) is 11.6 Å². The van der Waals surface area contributed by atoms with Crippen LogP contribution in [0.3, 0.4) is 0 Å². The molecule has 0 radical (unpaired) electrons. The predicted octanol–water partition coefficient (Wildman–Crippen LogP) is 2.78. The van der Waals surface area contributed by atoms with Crippen molar-refractivity contribution in [3.8, 4) is 0 Å². The fourth-order valence-corrected chi connectivity index (χ4v) is 4.28. The Morgan fingerprint density at radius 2 is 1.94 bits per heavy atom. The second-order valence-corrected chi connectivity index (χ2v) is 8.61. The molecule has 4 rings (SSSR count). The van der Waals surface area contributed by atoms with Gasteiger partial charge < -0.3 is 19.9 Å². The van der Waals surface area contributed by atoms with E-state index in [0.29, 0.717) is 44.9 Å². The number of anilines is 1. The lowest BCUT2D eigenvalue weighted by atomic mass is 9.96. The number of piperazine rings is 1. The molecule has 2 aromatic rings. The Labute approximate surface area is 186 Å². The molecule has 2 atom stereocenters. The Bertz CT molecular complexity index is 979. The number of aromatic nitrogens is 2. The van der Waals surface area contributed by atoms with Crippen molar-refractivity contribution in [1.29, 1.82) is 0 Å². The molecule has 0 aliphatic carbocycles. The van der Waals surface area contributed by atoms with Crippen molar-refractivity contribution < 1.29 is 18.3 Å². The number of benzene rings is 1. The summed E-state index contributed by atoms with van der Waals surface area (Å²) in [6.07, 6.45) is 1.50. The Kier molecular flexibility index (Phi) is 6.66. The van der Waals surface area contributed by atoms with E-state index in [4.69, 9.17) is 4.74 Å². The summed E-state index contributed by atoms with van der Waals surface area (Å²) in [5.74, 6) is -1.67. The van der Waals surface area contributed by atoms with Crippen LogP contribution in [-0.4, -0.2) is 59.5 Å². The molecular formula is C23H29F2N5O2. The molecule has 0 saturated carbocycles. The second kappa shape index (κ2) is 9.46. The summed E-state index contributed by atoms with van der Waals surface area (Å²) >= 11 is 0. The highest BCUT2D eigenvalue weighted by Crippen LogP contribution is 2.35. The van der Waals surface area contributed by atoms with Crippen LogP contribution in [0.25, 0.3) is 0 Å². The third-order valence-electron chi connectivity index (χ3n) is 6.09. The number of nitrogens with zero attached hydrogens (tertiary/aromatic N) is 4. The van der Waals surface area contributed by atoms with Gasteiger partial charge in [0.25, 0.3) is 0 Å². The minimum atomic E-state index is -0.941. The molecule has 2 aliphatic rings. The van der Waals surface area contributed by atoms with Gasteiger partial charge in [-0.15, -0.1) is 0 Å². The first-order valence-electron chi connectivity index (χ1n) is 11.0. The van der Waals surface area contributed by atoms with Gasteiger partial charge >= 0.3 is 0 Å². The van der Waals surface area contributed by atoms with Gasteiger partial charge in [-0.25, -0.2) is 18.7 Å². The van der Waals surface area contributed by atoms with Crippen molar-refractivity contribution in [1.82, 2.24) is 20.2 Å². The molecule has 2 aliphatic heterocycles. The van der Waals surface area contributed by atoms with E-state index < -0.39 is 17.6 Å². The van der Waals surface area contributed by atoms with Crippen LogP contribution in [0.1, 0.15) is 49.6 Å². The number of hydrogen-bond acceptors (Lipinski definition) is 6. The van der Waals surface area contributed by atoms with Crippen LogP contribution in [0.2, 0.25) is 0 Å². The zero-order chi connectivity index (χ0) is 22.8. The summed E-state index contributed by atoms with van der Waals surface area (Å²) < 4.78 is 33.0. The van der Waals surface area contributed by atoms with Gasteiger partial charge in [0, 0.05) is 44.3 Å². The fraction of sp³-hybridized carbons (Fsp3) is 0.522. The summed E-state index contributed by atoms with van der Waals surface area (Å²) in [6.45, 7) is 9.11. The topological polar surface area (TPSA) is 70.6 Å². The van der Waals surface area contributed by atoms with Gasteiger partial charge in [0.05, 0.1) is 24.3 Å². The first kappa shape index (κ1) is 22.5. The molecule has 0 bridgehead atoms. The van der Waals surface area contributed by atoms with E-state index in [0.717, 1.165) is 29.2 Å². The van der Waals surface area contributed by atoms with Gasteiger partial charge in [0.1, 0.15) is 12.1 Å². The third kappa shape index (κ3) is 4.59. The molecule has 172 valence electrons. The van der Waals surface area contributed by atoms with E-state index in [-0.39, 0.29) is 18.1 Å². The lowest BCUT2D eigenvalue weighted by Crippen LogP contribution is -2.51. The number of amides is 1. The summed E-state index contributed by atoms with van der Waals surface area (Å²) in [4.78, 5) is 26.2. The molecule has 7 nitrogen and oxygen atoms in total. The molecule has 3 heterocycles. The van der Waals surface area contributed by atoms with E-state index in [1.54, 1.807) is 11.2 Å². The Morgan fingerprint density at radius 1 is 1.19 bits per heavy atom. The SMILES string of the molecule is CC(C)NCC(C(=O)N1CCN(c2ncnc3c2C(C)OC3)CC1)c1ccc(F)c(F)c1. The molecular weight excluding hydrogens is 416 g/mol. The van der Waals surface area contributed by atoms with Gasteiger partial charge in [-0.3, -0.25) is 4.79 Å². The number of carbonyl (C=O) groups excluding carboxylic acids is 1. The number of hydrogen-bond donors (Lipinski definition) is 1. The largest absolute Gasteiger partial charge is 0.367 e. The van der Waals surface area contributed by atoms with Crippen LogP contribution >= 0.6 is 0 Å². The molecule has 1 aromatic carbocycles. The Hall–Kier alpha value is -2.65. The number of fused-ring (bicyclic) bond motifs is 1. The molecule has 32 heavy (non-hydrogen) atoms. The van der Waals surface area contributed by atoms with E-state index in [9.17, 15) is 13.6 Å². The van der Waals surface area contributed by atoms with Crippen LogP contribution < -0.4 is 10.2 Å². The van der Waals surface area contributed by atoms with E-state index in [1.165, 1.54) is 6.07 Å². The van der Waals surface area contributed by atoms with Gasteiger partial charge in [-0.2, -0.15) is 0 Å². The minimum absolute atomic E-state index is 0.0549. The average molecular weight is 446 g/mol. The predicted molar refractivity (Wildman–Crippen MR) is 116 cm³/mol. The van der Waals surface area contributed by atoms with Gasteiger partial charge in [0.15, 0.2) is 11.6 Å². The second-order valence-electron chi connectivity index (χ2n) is 8.61. The molecule has 1 fully saturated rings. The summed E-state index contributed by atoms with van der Waals surface area (Å²) in [5, 5.41) is 3.26. The maximum Gasteiger partial charge on any atom is 0.231 e. The molecule has 0 spiro atoms. The monoisotopic (exact) mass is 445 g/mol. The smallest absolute Gasteiger partial charge is 0.231 e. The number of halogens is 2. The highest BCUT2D eigenvalue weighted by molar-refractivity contribution is 5.84. The van der Waals surface area contributed by atoms with Gasteiger partial charge in [0.2, 0.25) is 5.91 Å². The highest BCUT2D eigenvalue weighted by atomic mass is 19.2. The molecule has 1 aromatic heterocycles. The normalized spacial score (nSPS) is 19.4. The van der Waals surface area contributed by atoms with Crippen molar-refractivity contribution in [2.45, 2.75) is 45.4 Å². The van der Waals surface area contributed by atoms with Crippen molar-refractivity contribution in [2.75, 3.05) is 37.6 Å². The molecule has 9 heteroatoms. The Balaban J connectivity index is 1.48. The van der Waals surface area contributed by atoms with Crippen LogP contribution in [0.4, 0.5) is 14.6 Å². The zero-order valence-corrected chi connectivity index (χ0v) is 18.6. The number of carbonyl (C=O) groups is 1. The minimum Gasteiger partial charge on any atom is -0.367 e. The average Bonchev–Trinajstić information content (AvgIpc) is 3.17. The van der Waals surface area contributed by atoms with Gasteiger partial charge in [-0.1, -0.05) is 19.9 Å². The van der Waals surface area contributed by atoms with E-state index in [1.807, 2.05) is 20.8 Å². The van der Waals surface area contributed by atoms with Crippen molar-refractivity contribution >= 4 is 11.7 Å². The molecule has 2 unspecified atom stereocenters. The van der Waals surface area contributed by atoms with E-state index >= 15 is 0 Å². The first-order chi connectivity index (χ1) is 15.3. The molecule has 1 amide bonds. The Morgan fingerprint density at radius 3 is 2.62 bits per heavy atom. The van der Waals surface area contributed by atoms with Crippen molar-refractivity contribution in [3.63, 3.8) is 0 Å². The van der Waals surface area contributed by atoms with Crippen LogP contribution in [0.15, 0.2) is 24.5 Å². The zero-order valence-electron chi connectivity index (χ0n) is 18.6.